The van der Waals surface area contributed by atoms with E-state index >= 15 is 0 Å². The average Bonchev–Trinajstić information content (AvgIpc) is 3.26. The maximum atomic E-state index is 4.70. The maximum Gasteiger partial charge on any atom is 0.0974 e. The van der Waals surface area contributed by atoms with Crippen molar-refractivity contribution in [3.8, 4) is 22.5 Å². The number of hydrogen-bond donors (Lipinski definition) is 0. The monoisotopic (exact) mass is 336 g/mol. The van der Waals surface area contributed by atoms with E-state index < -0.39 is 0 Å². The van der Waals surface area contributed by atoms with Gasteiger partial charge in [-0.2, -0.15) is 0 Å². The third-order valence-corrected chi connectivity index (χ3v) is 5.51. The third-order valence-electron chi connectivity index (χ3n) is 5.51. The highest BCUT2D eigenvalue weighted by molar-refractivity contribution is 5.79. The van der Waals surface area contributed by atoms with Crippen LogP contribution in [0.4, 0.5) is 0 Å². The lowest BCUT2D eigenvalue weighted by atomic mass is 9.90. The van der Waals surface area contributed by atoms with Crippen LogP contribution in [-0.2, 0) is 0 Å². The predicted molar refractivity (Wildman–Crippen MR) is 106 cm³/mol. The molecular formula is C24H20N2. The van der Waals surface area contributed by atoms with E-state index in [9.17, 15) is 0 Å². The van der Waals surface area contributed by atoms with Gasteiger partial charge in [-0.05, 0) is 30.5 Å². The molecule has 1 heterocycles. The molecule has 0 saturated heterocycles. The van der Waals surface area contributed by atoms with E-state index in [0.717, 1.165) is 22.5 Å². The Hall–Kier alpha value is -3.00. The number of nitrogens with zero attached hydrogens (tertiary/aromatic N) is 2. The maximum absolute atomic E-state index is 4.70. The van der Waals surface area contributed by atoms with Gasteiger partial charge in [0.25, 0.3) is 0 Å². The van der Waals surface area contributed by atoms with Gasteiger partial charge >= 0.3 is 0 Å². The van der Waals surface area contributed by atoms with Gasteiger partial charge in [0.15, 0.2) is 0 Å². The molecule has 26 heavy (non-hydrogen) atoms. The minimum atomic E-state index is 0.327. The Balaban J connectivity index is 1.82. The summed E-state index contributed by atoms with van der Waals surface area (Å²) < 4.78 is 0. The highest BCUT2D eigenvalue weighted by Gasteiger charge is 2.42. The first-order valence-electron chi connectivity index (χ1n) is 9.12. The van der Waals surface area contributed by atoms with E-state index in [4.69, 9.17) is 10.2 Å². The van der Waals surface area contributed by atoms with Gasteiger partial charge in [0, 0.05) is 23.0 Å². The van der Waals surface area contributed by atoms with Crippen molar-refractivity contribution in [3.05, 3.63) is 95.1 Å². The van der Waals surface area contributed by atoms with Crippen molar-refractivity contribution in [2.45, 2.75) is 25.7 Å². The van der Waals surface area contributed by atoms with Gasteiger partial charge in [-0.1, -0.05) is 78.4 Å². The topological polar surface area (TPSA) is 25.8 Å². The minimum absolute atomic E-state index is 0.327. The molecule has 0 aliphatic heterocycles. The summed E-state index contributed by atoms with van der Waals surface area (Å²) in [4.78, 5) is 0. The Bertz CT molecular complexity index is 964. The fourth-order valence-corrected chi connectivity index (χ4v) is 4.46. The Kier molecular flexibility index (Phi) is 3.39. The molecule has 1 aromatic heterocycles. The summed E-state index contributed by atoms with van der Waals surface area (Å²) in [6.45, 7) is 4.44. The molecule has 0 spiro atoms. The van der Waals surface area contributed by atoms with Crippen LogP contribution < -0.4 is 0 Å². The standard InChI is InChI=1S/C24H20N2/c1-15(2)20-18-13-14-19(20)22-21(18)23(16-9-5-3-6-10-16)25-26-24(22)17-11-7-4-8-12-17/h3-14,18-19H,1-2H3. The van der Waals surface area contributed by atoms with Crippen molar-refractivity contribution >= 4 is 0 Å². The van der Waals surface area contributed by atoms with Crippen LogP contribution in [0.15, 0.2) is 84.0 Å². The second-order valence-corrected chi connectivity index (χ2v) is 7.25. The van der Waals surface area contributed by atoms with Gasteiger partial charge in [-0.3, -0.25) is 0 Å². The number of aromatic nitrogens is 2. The molecule has 0 N–H and O–H groups in total. The fraction of sp³-hybridized carbons (Fsp3) is 0.167. The Labute approximate surface area is 153 Å². The summed E-state index contributed by atoms with van der Waals surface area (Å²) in [7, 11) is 0. The molecule has 2 aromatic carbocycles. The number of benzene rings is 2. The molecular weight excluding hydrogens is 316 g/mol. The molecule has 2 bridgehead atoms. The second-order valence-electron chi connectivity index (χ2n) is 7.25. The number of hydrogen-bond acceptors (Lipinski definition) is 2. The van der Waals surface area contributed by atoms with Crippen LogP contribution in [0.2, 0.25) is 0 Å². The lowest BCUT2D eigenvalue weighted by molar-refractivity contribution is 0.976. The van der Waals surface area contributed by atoms with Crippen molar-refractivity contribution in [2.75, 3.05) is 0 Å². The number of fused-ring (bicyclic) bond motifs is 5. The first kappa shape index (κ1) is 15.3. The van der Waals surface area contributed by atoms with E-state index in [1.165, 1.54) is 22.3 Å². The largest absolute Gasteiger partial charge is 0.150 e. The number of rotatable bonds is 2. The lowest BCUT2D eigenvalue weighted by Gasteiger charge is -2.17. The molecule has 2 heteroatoms. The molecule has 0 fully saturated rings. The molecule has 5 rings (SSSR count). The van der Waals surface area contributed by atoms with Crippen molar-refractivity contribution in [1.82, 2.24) is 10.2 Å². The van der Waals surface area contributed by atoms with Gasteiger partial charge in [-0.15, -0.1) is 10.2 Å². The summed E-state index contributed by atoms with van der Waals surface area (Å²) in [6.07, 6.45) is 4.69. The van der Waals surface area contributed by atoms with E-state index in [1.54, 1.807) is 0 Å². The molecule has 2 nitrogen and oxygen atoms in total. The van der Waals surface area contributed by atoms with E-state index in [0.29, 0.717) is 11.8 Å². The summed E-state index contributed by atoms with van der Waals surface area (Å²) in [5.41, 5.74) is 9.92. The molecule has 0 radical (unpaired) electrons. The molecule has 3 aromatic rings. The fourth-order valence-electron chi connectivity index (χ4n) is 4.46. The molecule has 2 unspecified atom stereocenters. The summed E-state index contributed by atoms with van der Waals surface area (Å²) >= 11 is 0. The predicted octanol–water partition coefficient (Wildman–Crippen LogP) is 5.90. The summed E-state index contributed by atoms with van der Waals surface area (Å²) in [5.74, 6) is 0.654. The third kappa shape index (κ3) is 2.12. The summed E-state index contributed by atoms with van der Waals surface area (Å²) in [6, 6.07) is 20.9. The zero-order chi connectivity index (χ0) is 17.7. The van der Waals surface area contributed by atoms with Crippen molar-refractivity contribution in [1.29, 1.82) is 0 Å². The SMILES string of the molecule is CC(C)=C1C2C=CC1c1c(-c3ccccc3)nnc(-c3ccccc3)c12. The molecule has 0 saturated carbocycles. The van der Waals surface area contributed by atoms with Crippen LogP contribution in [0.3, 0.4) is 0 Å². The van der Waals surface area contributed by atoms with E-state index in [1.807, 2.05) is 12.1 Å². The second kappa shape index (κ2) is 5.77. The van der Waals surface area contributed by atoms with Crippen LogP contribution in [0.25, 0.3) is 22.5 Å². The van der Waals surface area contributed by atoms with Crippen LogP contribution in [-0.4, -0.2) is 10.2 Å². The highest BCUT2D eigenvalue weighted by atomic mass is 15.1. The zero-order valence-corrected chi connectivity index (χ0v) is 15.0. The molecule has 0 amide bonds. The first-order chi connectivity index (χ1) is 12.8. The lowest BCUT2D eigenvalue weighted by Crippen LogP contribution is -2.05. The van der Waals surface area contributed by atoms with Gasteiger partial charge in [0.05, 0.1) is 11.4 Å². The summed E-state index contributed by atoms with van der Waals surface area (Å²) in [5, 5.41) is 9.41. The van der Waals surface area contributed by atoms with Gasteiger partial charge in [-0.25, -0.2) is 0 Å². The average molecular weight is 336 g/mol. The minimum Gasteiger partial charge on any atom is -0.150 e. The first-order valence-corrected chi connectivity index (χ1v) is 9.12. The van der Waals surface area contributed by atoms with Crippen molar-refractivity contribution in [2.24, 2.45) is 0 Å². The molecule has 2 atom stereocenters. The molecule has 126 valence electrons. The van der Waals surface area contributed by atoms with Gasteiger partial charge in [0.2, 0.25) is 0 Å². The Morgan fingerprint density at radius 1 is 0.654 bits per heavy atom. The van der Waals surface area contributed by atoms with Crippen LogP contribution in [0.5, 0.6) is 0 Å². The smallest absolute Gasteiger partial charge is 0.0974 e. The quantitative estimate of drug-likeness (QED) is 0.545. The van der Waals surface area contributed by atoms with Crippen LogP contribution in [0.1, 0.15) is 36.8 Å². The van der Waals surface area contributed by atoms with E-state index in [-0.39, 0.29) is 0 Å². The molecule has 2 aliphatic rings. The number of allylic oxidation sites excluding steroid dienone is 4. The highest BCUT2D eigenvalue weighted by Crippen LogP contribution is 2.57. The molecule has 2 aliphatic carbocycles. The van der Waals surface area contributed by atoms with E-state index in [2.05, 4.69) is 74.5 Å². The van der Waals surface area contributed by atoms with Crippen molar-refractivity contribution in [3.63, 3.8) is 0 Å². The van der Waals surface area contributed by atoms with Crippen molar-refractivity contribution < 1.29 is 0 Å². The van der Waals surface area contributed by atoms with Crippen LogP contribution in [0, 0.1) is 0 Å². The van der Waals surface area contributed by atoms with Gasteiger partial charge < -0.3 is 0 Å². The van der Waals surface area contributed by atoms with Crippen LogP contribution >= 0.6 is 0 Å². The van der Waals surface area contributed by atoms with Gasteiger partial charge in [0.1, 0.15) is 0 Å². The zero-order valence-electron chi connectivity index (χ0n) is 15.0. The Morgan fingerprint density at radius 2 is 1.08 bits per heavy atom. The Morgan fingerprint density at radius 3 is 1.46 bits per heavy atom. The normalized spacial score (nSPS) is 19.7.